The molecule has 1 rings (SSSR count). The molecule has 0 spiro atoms. The normalized spacial score (nSPS) is 12.7. The molecule has 1 unspecified atom stereocenters. The maximum Gasteiger partial charge on any atom is 0.0408 e. The third kappa shape index (κ3) is 5.47. The summed E-state index contributed by atoms with van der Waals surface area (Å²) in [6.45, 7) is 2.19. The van der Waals surface area contributed by atoms with E-state index >= 15 is 0 Å². The van der Waals surface area contributed by atoms with E-state index in [9.17, 15) is 0 Å². The molecule has 0 aliphatic rings. The smallest absolute Gasteiger partial charge is 0.0408 e. The van der Waals surface area contributed by atoms with Crippen LogP contribution in [0.1, 0.15) is 18.9 Å². The third-order valence-electron chi connectivity index (χ3n) is 2.51. The molecule has 1 aromatic carbocycles. The summed E-state index contributed by atoms with van der Waals surface area (Å²) in [5, 5.41) is 0.814. The van der Waals surface area contributed by atoms with E-state index in [1.54, 1.807) is 0 Å². The van der Waals surface area contributed by atoms with Crippen LogP contribution < -0.4 is 0 Å². The van der Waals surface area contributed by atoms with Crippen molar-refractivity contribution in [3.05, 3.63) is 34.9 Å². The maximum absolute atomic E-state index is 5.99. The van der Waals surface area contributed by atoms with Crippen LogP contribution >= 0.6 is 35.0 Å². The van der Waals surface area contributed by atoms with E-state index in [4.69, 9.17) is 23.2 Å². The average molecular weight is 277 g/mol. The number of thioether (sulfide) groups is 1. The minimum atomic E-state index is 0.569. The van der Waals surface area contributed by atoms with Crippen LogP contribution in [0.25, 0.3) is 0 Å². The Kier molecular flexibility index (Phi) is 7.35. The molecule has 0 aromatic heterocycles. The largest absolute Gasteiger partial charge is 0.162 e. The SMILES string of the molecule is CCSCCC(CCl)Cc1cccc(Cl)c1. The van der Waals surface area contributed by atoms with Crippen molar-refractivity contribution in [3.8, 4) is 0 Å². The van der Waals surface area contributed by atoms with Gasteiger partial charge in [-0.2, -0.15) is 11.8 Å². The minimum Gasteiger partial charge on any atom is -0.162 e. The minimum absolute atomic E-state index is 0.569. The van der Waals surface area contributed by atoms with Gasteiger partial charge in [0, 0.05) is 10.9 Å². The van der Waals surface area contributed by atoms with E-state index < -0.39 is 0 Å². The van der Waals surface area contributed by atoms with Crippen molar-refractivity contribution in [3.63, 3.8) is 0 Å². The molecule has 0 amide bonds. The molecule has 0 fully saturated rings. The lowest BCUT2D eigenvalue weighted by Crippen LogP contribution is -2.07. The first-order chi connectivity index (χ1) is 7.76. The fraction of sp³-hybridized carbons (Fsp3) is 0.538. The topological polar surface area (TPSA) is 0 Å². The quantitative estimate of drug-likeness (QED) is 0.505. The van der Waals surface area contributed by atoms with Crippen LogP contribution in [0.4, 0.5) is 0 Å². The standard InChI is InChI=1S/C13H18Cl2S/c1-2-16-7-6-12(10-14)8-11-4-3-5-13(15)9-11/h3-5,9,12H,2,6-8,10H2,1H3. The van der Waals surface area contributed by atoms with Gasteiger partial charge in [0.15, 0.2) is 0 Å². The van der Waals surface area contributed by atoms with Gasteiger partial charge in [0.25, 0.3) is 0 Å². The number of hydrogen-bond donors (Lipinski definition) is 0. The molecule has 90 valence electrons. The van der Waals surface area contributed by atoms with Crippen LogP contribution in [-0.4, -0.2) is 17.4 Å². The molecule has 0 heterocycles. The van der Waals surface area contributed by atoms with Gasteiger partial charge in [-0.3, -0.25) is 0 Å². The molecule has 0 nitrogen and oxygen atoms in total. The van der Waals surface area contributed by atoms with Gasteiger partial charge < -0.3 is 0 Å². The first-order valence-electron chi connectivity index (χ1n) is 5.64. The van der Waals surface area contributed by atoms with Crippen molar-refractivity contribution < 1.29 is 0 Å². The Morgan fingerprint density at radius 2 is 2.19 bits per heavy atom. The van der Waals surface area contributed by atoms with Gasteiger partial charge in [-0.25, -0.2) is 0 Å². The average Bonchev–Trinajstić information content (AvgIpc) is 2.28. The lowest BCUT2D eigenvalue weighted by molar-refractivity contribution is 0.571. The van der Waals surface area contributed by atoms with E-state index in [2.05, 4.69) is 13.0 Å². The van der Waals surface area contributed by atoms with Crippen molar-refractivity contribution in [1.29, 1.82) is 0 Å². The summed E-state index contributed by atoms with van der Waals surface area (Å²) in [5.41, 5.74) is 1.29. The van der Waals surface area contributed by atoms with Crippen molar-refractivity contribution in [2.75, 3.05) is 17.4 Å². The Morgan fingerprint density at radius 1 is 1.38 bits per heavy atom. The number of rotatable bonds is 7. The maximum atomic E-state index is 5.99. The van der Waals surface area contributed by atoms with E-state index in [0.29, 0.717) is 5.92 Å². The van der Waals surface area contributed by atoms with Gasteiger partial charge in [-0.1, -0.05) is 30.7 Å². The monoisotopic (exact) mass is 276 g/mol. The Balaban J connectivity index is 2.43. The van der Waals surface area contributed by atoms with Gasteiger partial charge in [0.1, 0.15) is 0 Å². The molecule has 0 aliphatic carbocycles. The predicted octanol–water partition coefficient (Wildman–Crippen LogP) is 4.88. The highest BCUT2D eigenvalue weighted by Crippen LogP contribution is 2.19. The molecule has 0 bridgehead atoms. The molecule has 0 N–H and O–H groups in total. The van der Waals surface area contributed by atoms with Crippen LogP contribution in [-0.2, 0) is 6.42 Å². The van der Waals surface area contributed by atoms with Crippen LogP contribution in [0.2, 0.25) is 5.02 Å². The molecular weight excluding hydrogens is 259 g/mol. The molecule has 0 radical (unpaired) electrons. The first kappa shape index (κ1) is 14.2. The summed E-state index contributed by atoms with van der Waals surface area (Å²) in [5.74, 6) is 3.69. The second-order valence-electron chi connectivity index (χ2n) is 3.84. The van der Waals surface area contributed by atoms with Gasteiger partial charge in [-0.05, 0) is 48.0 Å². The second-order valence-corrected chi connectivity index (χ2v) is 5.98. The summed E-state index contributed by atoms with van der Waals surface area (Å²) < 4.78 is 0. The molecule has 16 heavy (non-hydrogen) atoms. The Hall–Kier alpha value is 0.150. The highest BCUT2D eigenvalue weighted by Gasteiger charge is 2.08. The van der Waals surface area contributed by atoms with Crippen LogP contribution in [0, 0.1) is 5.92 Å². The molecule has 0 saturated carbocycles. The van der Waals surface area contributed by atoms with Gasteiger partial charge in [0.05, 0.1) is 0 Å². The Morgan fingerprint density at radius 3 is 2.81 bits per heavy atom. The zero-order chi connectivity index (χ0) is 11.8. The molecule has 1 aromatic rings. The van der Waals surface area contributed by atoms with Gasteiger partial charge in [-0.15, -0.1) is 11.6 Å². The lowest BCUT2D eigenvalue weighted by atomic mass is 9.99. The van der Waals surface area contributed by atoms with Crippen molar-refractivity contribution in [1.82, 2.24) is 0 Å². The predicted molar refractivity (Wildman–Crippen MR) is 77.0 cm³/mol. The van der Waals surface area contributed by atoms with Crippen molar-refractivity contribution in [2.45, 2.75) is 19.8 Å². The number of hydrogen-bond acceptors (Lipinski definition) is 1. The fourth-order valence-electron chi connectivity index (χ4n) is 1.63. The molecule has 3 heteroatoms. The molecular formula is C13H18Cl2S. The molecule has 0 aliphatic heterocycles. The molecule has 1 atom stereocenters. The van der Waals surface area contributed by atoms with Gasteiger partial charge >= 0.3 is 0 Å². The van der Waals surface area contributed by atoms with E-state index in [-0.39, 0.29) is 0 Å². The highest BCUT2D eigenvalue weighted by atomic mass is 35.5. The second kappa shape index (κ2) is 8.27. The summed E-state index contributed by atoms with van der Waals surface area (Å²) in [7, 11) is 0. The third-order valence-corrected chi connectivity index (χ3v) is 4.11. The van der Waals surface area contributed by atoms with Crippen LogP contribution in [0.15, 0.2) is 24.3 Å². The first-order valence-corrected chi connectivity index (χ1v) is 7.71. The zero-order valence-electron chi connectivity index (χ0n) is 9.59. The van der Waals surface area contributed by atoms with E-state index in [0.717, 1.165) is 17.3 Å². The van der Waals surface area contributed by atoms with Crippen LogP contribution in [0.3, 0.4) is 0 Å². The van der Waals surface area contributed by atoms with Crippen LogP contribution in [0.5, 0.6) is 0 Å². The van der Waals surface area contributed by atoms with E-state index in [1.165, 1.54) is 23.5 Å². The van der Waals surface area contributed by atoms with Crippen molar-refractivity contribution in [2.24, 2.45) is 5.92 Å². The lowest BCUT2D eigenvalue weighted by Gasteiger charge is -2.13. The van der Waals surface area contributed by atoms with E-state index in [1.807, 2.05) is 30.0 Å². The number of halogens is 2. The summed E-state index contributed by atoms with van der Waals surface area (Å²) >= 11 is 13.9. The zero-order valence-corrected chi connectivity index (χ0v) is 11.9. The van der Waals surface area contributed by atoms with Gasteiger partial charge in [0.2, 0.25) is 0 Å². The summed E-state index contributed by atoms with van der Waals surface area (Å²) in [6, 6.07) is 8.07. The summed E-state index contributed by atoms with van der Waals surface area (Å²) in [6.07, 6.45) is 2.23. The Bertz CT molecular complexity index is 302. The fourth-order valence-corrected chi connectivity index (χ4v) is 2.89. The number of alkyl halides is 1. The summed E-state index contributed by atoms with van der Waals surface area (Å²) in [4.78, 5) is 0. The number of benzene rings is 1. The van der Waals surface area contributed by atoms with Crippen molar-refractivity contribution >= 4 is 35.0 Å². The molecule has 0 saturated heterocycles. The highest BCUT2D eigenvalue weighted by molar-refractivity contribution is 7.99. The Labute approximate surface area is 113 Å².